The number of carbonyl (C=O) groups excluding carboxylic acids is 3. The number of aliphatic hydroxyl groups is 2. The SMILES string of the molecule is C=C(/C=C/c1ccc2c(c1O)[C@](O)(c1ccc(OC)cc1)[C@@H](OC)C(=O)N2)CCO[C@H]1C(=O)Nc2ccc(/C=C/C(C)=O)c(O)c2[C@]1(O)c1ccc(OC)cc1. The highest BCUT2D eigenvalue weighted by molar-refractivity contribution is 6.02. The number of aromatic hydroxyl groups is 2. The number of rotatable bonds is 13. The van der Waals surface area contributed by atoms with E-state index in [1.165, 1.54) is 52.5 Å². The van der Waals surface area contributed by atoms with Gasteiger partial charge in [0.1, 0.15) is 23.0 Å². The number of amides is 2. The van der Waals surface area contributed by atoms with Gasteiger partial charge in [0.05, 0.1) is 43.3 Å². The van der Waals surface area contributed by atoms with Crippen LogP contribution < -0.4 is 20.1 Å². The average Bonchev–Trinajstić information content (AvgIpc) is 3.18. The van der Waals surface area contributed by atoms with Crippen LogP contribution in [0.25, 0.3) is 12.2 Å². The first-order chi connectivity index (χ1) is 26.8. The topological polar surface area (TPSA) is 193 Å². The van der Waals surface area contributed by atoms with Crippen molar-refractivity contribution in [2.75, 3.05) is 38.6 Å². The van der Waals surface area contributed by atoms with Crippen LogP contribution in [0.1, 0.15) is 46.7 Å². The second-order valence-electron chi connectivity index (χ2n) is 13.4. The van der Waals surface area contributed by atoms with Gasteiger partial charge in [-0.05, 0) is 85.2 Å². The van der Waals surface area contributed by atoms with E-state index < -0.39 is 35.2 Å². The number of methoxy groups -OCH3 is 3. The lowest BCUT2D eigenvalue weighted by atomic mass is 9.76. The summed E-state index contributed by atoms with van der Waals surface area (Å²) in [4.78, 5) is 38.3. The molecule has 13 nitrogen and oxygen atoms in total. The molecule has 290 valence electrons. The van der Waals surface area contributed by atoms with E-state index >= 15 is 0 Å². The predicted octanol–water partition coefficient (Wildman–Crippen LogP) is 5.15. The Balaban J connectivity index is 1.27. The number of allylic oxidation sites excluding steroid dienone is 2. The lowest BCUT2D eigenvalue weighted by Crippen LogP contribution is -2.53. The normalized spacial score (nSPS) is 21.6. The van der Waals surface area contributed by atoms with E-state index in [9.17, 15) is 34.8 Å². The Hall–Kier alpha value is -6.25. The van der Waals surface area contributed by atoms with Crippen LogP contribution in [0.2, 0.25) is 0 Å². The molecule has 13 heteroatoms. The van der Waals surface area contributed by atoms with Crippen molar-refractivity contribution in [2.24, 2.45) is 0 Å². The molecule has 0 aromatic heterocycles. The molecule has 56 heavy (non-hydrogen) atoms. The van der Waals surface area contributed by atoms with Crippen molar-refractivity contribution in [1.29, 1.82) is 0 Å². The molecule has 2 heterocycles. The lowest BCUT2D eigenvalue weighted by molar-refractivity contribution is -0.147. The van der Waals surface area contributed by atoms with Gasteiger partial charge in [0.2, 0.25) is 0 Å². The van der Waals surface area contributed by atoms with Gasteiger partial charge in [-0.15, -0.1) is 0 Å². The van der Waals surface area contributed by atoms with Crippen LogP contribution in [-0.2, 0) is 35.1 Å². The molecular formula is C43H42N2O11. The largest absolute Gasteiger partial charge is 0.507 e. The van der Waals surface area contributed by atoms with E-state index in [2.05, 4.69) is 17.2 Å². The molecule has 0 bridgehead atoms. The van der Waals surface area contributed by atoms with Crippen molar-refractivity contribution < 1.29 is 53.8 Å². The number of phenolic OH excluding ortho intramolecular Hbond substituents is 2. The molecule has 4 atom stereocenters. The first kappa shape index (κ1) is 39.4. The van der Waals surface area contributed by atoms with Crippen molar-refractivity contribution in [3.05, 3.63) is 130 Å². The Labute approximate surface area is 323 Å². The summed E-state index contributed by atoms with van der Waals surface area (Å²) >= 11 is 0. The van der Waals surface area contributed by atoms with Gasteiger partial charge in [-0.2, -0.15) is 0 Å². The summed E-state index contributed by atoms with van der Waals surface area (Å²) in [6.45, 7) is 5.35. The van der Waals surface area contributed by atoms with Crippen LogP contribution >= 0.6 is 0 Å². The van der Waals surface area contributed by atoms with E-state index in [1.54, 1.807) is 72.8 Å². The molecule has 4 aromatic rings. The van der Waals surface area contributed by atoms with Crippen molar-refractivity contribution in [1.82, 2.24) is 0 Å². The maximum atomic E-state index is 13.6. The minimum absolute atomic E-state index is 0.0129. The number of anilines is 2. The molecule has 0 spiro atoms. The number of ether oxygens (including phenoxy) is 4. The Morgan fingerprint density at radius 3 is 1.61 bits per heavy atom. The first-order valence-corrected chi connectivity index (χ1v) is 17.5. The molecule has 0 aliphatic carbocycles. The number of hydrogen-bond donors (Lipinski definition) is 6. The van der Waals surface area contributed by atoms with Crippen molar-refractivity contribution in [3.63, 3.8) is 0 Å². The number of hydrogen-bond acceptors (Lipinski definition) is 11. The Morgan fingerprint density at radius 2 is 1.16 bits per heavy atom. The fourth-order valence-electron chi connectivity index (χ4n) is 7.06. The summed E-state index contributed by atoms with van der Waals surface area (Å²) in [5.74, 6) is -1.12. The van der Waals surface area contributed by atoms with Gasteiger partial charge in [-0.25, -0.2) is 0 Å². The zero-order valence-corrected chi connectivity index (χ0v) is 31.2. The second kappa shape index (κ2) is 15.8. The summed E-state index contributed by atoms with van der Waals surface area (Å²) in [5.41, 5.74) is -2.28. The molecule has 6 N–H and O–H groups in total. The van der Waals surface area contributed by atoms with Gasteiger partial charge in [0.15, 0.2) is 29.2 Å². The smallest absolute Gasteiger partial charge is 0.257 e. The number of ketones is 1. The third-order valence-corrected chi connectivity index (χ3v) is 9.93. The third-order valence-electron chi connectivity index (χ3n) is 9.93. The van der Waals surface area contributed by atoms with Crippen LogP contribution in [0.5, 0.6) is 23.0 Å². The van der Waals surface area contributed by atoms with E-state index in [-0.39, 0.29) is 63.9 Å². The molecule has 0 fully saturated rings. The summed E-state index contributed by atoms with van der Waals surface area (Å²) in [7, 11) is 4.28. The standard InChI is InChI=1S/C43H42N2O11/c1-24(6-8-26-10-20-32-34(36(26)47)42(51,38(55-5)40(49)44-32)28-12-16-30(53-3)17-13-28)22-23-56-39-41(50)45-33-21-11-27(9-7-25(2)46)37(48)35(33)43(39,52)29-14-18-31(54-4)19-15-29/h6-21,38-39,47-48,51-52H,1,22-23H2,2-5H3,(H,44,49)(H,45,50)/b8-6+,9-7+/t38-,39-,42+,43+/m0/s1. The van der Waals surface area contributed by atoms with Crippen LogP contribution in [0.3, 0.4) is 0 Å². The third kappa shape index (κ3) is 7.04. The van der Waals surface area contributed by atoms with Crippen molar-refractivity contribution in [3.8, 4) is 23.0 Å². The van der Waals surface area contributed by atoms with Crippen LogP contribution in [0, 0.1) is 0 Å². The highest BCUT2D eigenvalue weighted by atomic mass is 16.5. The molecule has 2 aliphatic heterocycles. The monoisotopic (exact) mass is 762 g/mol. The summed E-state index contributed by atoms with van der Waals surface area (Å²) in [6.07, 6.45) is 3.13. The van der Waals surface area contributed by atoms with E-state index in [0.29, 0.717) is 28.2 Å². The molecule has 0 saturated carbocycles. The molecule has 0 radical (unpaired) electrons. The number of fused-ring (bicyclic) bond motifs is 2. The van der Waals surface area contributed by atoms with Crippen LogP contribution in [-0.4, -0.2) is 78.2 Å². The van der Waals surface area contributed by atoms with Crippen molar-refractivity contribution >= 4 is 41.1 Å². The molecule has 2 aliphatic rings. The number of benzene rings is 4. The molecule has 6 rings (SSSR count). The molecular weight excluding hydrogens is 720 g/mol. The van der Waals surface area contributed by atoms with Gasteiger partial charge in [-0.1, -0.05) is 48.6 Å². The number of phenols is 2. The number of nitrogens with one attached hydrogen (secondary N) is 2. The van der Waals surface area contributed by atoms with E-state index in [0.717, 1.165) is 0 Å². The fourth-order valence-corrected chi connectivity index (χ4v) is 7.06. The fraction of sp³-hybridized carbons (Fsp3) is 0.233. The molecule has 0 unspecified atom stereocenters. The minimum atomic E-state index is -2.18. The molecule has 4 aromatic carbocycles. The van der Waals surface area contributed by atoms with Crippen LogP contribution in [0.4, 0.5) is 11.4 Å². The summed E-state index contributed by atoms with van der Waals surface area (Å²) < 4.78 is 22.1. The Kier molecular flexibility index (Phi) is 11.2. The highest BCUT2D eigenvalue weighted by Gasteiger charge is 2.53. The molecule has 0 saturated heterocycles. The van der Waals surface area contributed by atoms with Gasteiger partial charge < -0.3 is 50.0 Å². The Bertz CT molecular complexity index is 2250. The van der Waals surface area contributed by atoms with Gasteiger partial charge in [0, 0.05) is 18.2 Å². The second-order valence-corrected chi connectivity index (χ2v) is 13.4. The molecule has 2 amide bonds. The van der Waals surface area contributed by atoms with Crippen molar-refractivity contribution in [2.45, 2.75) is 36.8 Å². The quantitative estimate of drug-likeness (QED) is 0.0780. The lowest BCUT2D eigenvalue weighted by Gasteiger charge is -2.41. The number of carbonyl (C=O) groups is 3. The van der Waals surface area contributed by atoms with E-state index in [4.69, 9.17) is 18.9 Å². The highest BCUT2D eigenvalue weighted by Crippen LogP contribution is 2.50. The first-order valence-electron chi connectivity index (χ1n) is 17.5. The van der Waals surface area contributed by atoms with E-state index in [1.807, 2.05) is 0 Å². The summed E-state index contributed by atoms with van der Waals surface area (Å²) in [5, 5.41) is 53.1. The Morgan fingerprint density at radius 1 is 0.714 bits per heavy atom. The van der Waals surface area contributed by atoms with Crippen LogP contribution in [0.15, 0.2) is 97.1 Å². The zero-order chi connectivity index (χ0) is 40.4. The average molecular weight is 763 g/mol. The van der Waals surface area contributed by atoms with Gasteiger partial charge >= 0.3 is 0 Å². The maximum absolute atomic E-state index is 13.6. The summed E-state index contributed by atoms with van der Waals surface area (Å²) in [6, 6.07) is 19.0. The predicted molar refractivity (Wildman–Crippen MR) is 209 cm³/mol. The van der Waals surface area contributed by atoms with Gasteiger partial charge in [-0.3, -0.25) is 14.4 Å². The maximum Gasteiger partial charge on any atom is 0.257 e. The zero-order valence-electron chi connectivity index (χ0n) is 31.2. The van der Waals surface area contributed by atoms with Gasteiger partial charge in [0.25, 0.3) is 11.8 Å². The minimum Gasteiger partial charge on any atom is -0.507 e.